The summed E-state index contributed by atoms with van der Waals surface area (Å²) in [4.78, 5) is 21.3. The van der Waals surface area contributed by atoms with Crippen molar-refractivity contribution in [1.29, 1.82) is 10.5 Å². The van der Waals surface area contributed by atoms with Crippen molar-refractivity contribution < 1.29 is 14.1 Å². The average molecular weight is 233 g/mol. The van der Waals surface area contributed by atoms with Gasteiger partial charge in [0.05, 0.1) is 17.1 Å². The molecule has 0 amide bonds. The van der Waals surface area contributed by atoms with Crippen molar-refractivity contribution in [3.63, 3.8) is 0 Å². The first-order valence-electron chi connectivity index (χ1n) is 4.28. The summed E-state index contributed by atoms with van der Waals surface area (Å²) in [6.07, 6.45) is 0. The Bertz CT molecular complexity index is 557. The number of hydrogen-bond acceptors (Lipinski definition) is 5. The molecule has 0 aliphatic carbocycles. The van der Waals surface area contributed by atoms with Crippen molar-refractivity contribution in [2.24, 2.45) is 5.92 Å². The molecule has 7 heteroatoms. The quantitative estimate of drug-likeness (QED) is 0.447. The van der Waals surface area contributed by atoms with Crippen LogP contribution in [0.25, 0.3) is 0 Å². The molecule has 0 bridgehead atoms. The van der Waals surface area contributed by atoms with Crippen LogP contribution >= 0.6 is 0 Å². The third-order valence-corrected chi connectivity index (χ3v) is 1.94. The van der Waals surface area contributed by atoms with Crippen molar-refractivity contribution in [2.45, 2.75) is 0 Å². The zero-order valence-electron chi connectivity index (χ0n) is 8.25. The van der Waals surface area contributed by atoms with Crippen LogP contribution in [0.2, 0.25) is 0 Å². The smallest absolute Gasteiger partial charge is 0.280 e. The number of nitriles is 2. The van der Waals surface area contributed by atoms with Crippen LogP contribution in [0.5, 0.6) is 0 Å². The summed E-state index contributed by atoms with van der Waals surface area (Å²) in [5.74, 6) is -3.62. The fraction of sp³-hybridized carbons (Fsp3) is 0.100. The molecule has 6 nitrogen and oxygen atoms in total. The summed E-state index contributed by atoms with van der Waals surface area (Å²) in [5, 5.41) is 27.6. The lowest BCUT2D eigenvalue weighted by Crippen LogP contribution is -2.13. The summed E-state index contributed by atoms with van der Waals surface area (Å²) >= 11 is 0. The molecule has 1 rings (SSSR count). The highest BCUT2D eigenvalue weighted by atomic mass is 19.1. The molecule has 0 aromatic heterocycles. The molecule has 0 saturated heterocycles. The van der Waals surface area contributed by atoms with Crippen LogP contribution in [-0.2, 0) is 0 Å². The van der Waals surface area contributed by atoms with Crippen LogP contribution in [-0.4, -0.2) is 10.7 Å². The second-order valence-electron chi connectivity index (χ2n) is 2.97. The van der Waals surface area contributed by atoms with Crippen LogP contribution in [0, 0.1) is 44.5 Å². The zero-order chi connectivity index (χ0) is 13.0. The number of nitro benzene ring substituents is 1. The number of halogens is 1. The minimum absolute atomic E-state index is 0.580. The minimum Gasteiger partial charge on any atom is -0.291 e. The van der Waals surface area contributed by atoms with E-state index >= 15 is 0 Å². The van der Waals surface area contributed by atoms with Crippen molar-refractivity contribution in [3.05, 3.63) is 39.7 Å². The molecule has 0 aliphatic rings. The maximum Gasteiger partial charge on any atom is 0.280 e. The second kappa shape index (κ2) is 4.81. The van der Waals surface area contributed by atoms with Gasteiger partial charge in [0.15, 0.2) is 5.92 Å². The van der Waals surface area contributed by atoms with Gasteiger partial charge in [0.25, 0.3) is 5.69 Å². The number of nitrogens with zero attached hydrogens (tertiary/aromatic N) is 3. The van der Waals surface area contributed by atoms with E-state index < -0.39 is 33.7 Å². The Balaban J connectivity index is 3.36. The number of carbonyl (C=O) groups is 1. The molecule has 0 N–H and O–H groups in total. The van der Waals surface area contributed by atoms with Gasteiger partial charge < -0.3 is 0 Å². The van der Waals surface area contributed by atoms with Crippen molar-refractivity contribution in [2.75, 3.05) is 0 Å². The predicted octanol–water partition coefficient (Wildman–Crippen LogP) is 1.58. The number of benzene rings is 1. The number of carbonyl (C=O) groups excluding carboxylic acids is 1. The third-order valence-electron chi connectivity index (χ3n) is 1.94. The van der Waals surface area contributed by atoms with Crippen molar-refractivity contribution >= 4 is 11.5 Å². The Morgan fingerprint density at radius 1 is 1.41 bits per heavy atom. The average Bonchev–Trinajstić information content (AvgIpc) is 2.29. The standard InChI is InChI=1S/C10H4FN3O3/c11-7-1-2-9(14(16)17)8(3-7)10(15)6(4-12)5-13/h1-3,6H. The highest BCUT2D eigenvalue weighted by Gasteiger charge is 2.27. The van der Waals surface area contributed by atoms with E-state index in [-0.39, 0.29) is 0 Å². The van der Waals surface area contributed by atoms with Gasteiger partial charge in [-0.2, -0.15) is 10.5 Å². The van der Waals surface area contributed by atoms with E-state index in [9.17, 15) is 19.3 Å². The molecule has 84 valence electrons. The second-order valence-corrected chi connectivity index (χ2v) is 2.97. The van der Waals surface area contributed by atoms with Gasteiger partial charge in [0.1, 0.15) is 11.4 Å². The van der Waals surface area contributed by atoms with E-state index in [1.54, 1.807) is 0 Å². The van der Waals surface area contributed by atoms with Gasteiger partial charge in [-0.25, -0.2) is 4.39 Å². The number of hydrogen-bond donors (Lipinski definition) is 0. The normalized spacial score (nSPS) is 9.41. The number of ketones is 1. The summed E-state index contributed by atoms with van der Waals surface area (Å²) in [5.41, 5.74) is -1.21. The lowest BCUT2D eigenvalue weighted by Gasteiger charge is -2.02. The van der Waals surface area contributed by atoms with Gasteiger partial charge in [-0.3, -0.25) is 14.9 Å². The SMILES string of the molecule is N#CC(C#N)C(=O)c1cc(F)ccc1[N+](=O)[O-]. The van der Waals surface area contributed by atoms with Crippen LogP contribution in [0.15, 0.2) is 18.2 Å². The largest absolute Gasteiger partial charge is 0.291 e. The maximum atomic E-state index is 12.9. The lowest BCUT2D eigenvalue weighted by molar-refractivity contribution is -0.385. The first-order valence-corrected chi connectivity index (χ1v) is 4.28. The molecule has 0 unspecified atom stereocenters. The molecule has 0 spiro atoms. The summed E-state index contributed by atoms with van der Waals surface area (Å²) in [6.45, 7) is 0. The molecule has 17 heavy (non-hydrogen) atoms. The van der Waals surface area contributed by atoms with Gasteiger partial charge in [-0.05, 0) is 12.1 Å². The highest BCUT2D eigenvalue weighted by molar-refractivity contribution is 6.04. The van der Waals surface area contributed by atoms with E-state index in [1.165, 1.54) is 12.1 Å². The fourth-order valence-electron chi connectivity index (χ4n) is 1.17. The first-order chi connectivity index (χ1) is 8.01. The Morgan fingerprint density at radius 3 is 2.47 bits per heavy atom. The number of nitro groups is 1. The molecule has 1 aromatic carbocycles. The van der Waals surface area contributed by atoms with Crippen LogP contribution in [0.1, 0.15) is 10.4 Å². The zero-order valence-corrected chi connectivity index (χ0v) is 8.25. The summed E-state index contributed by atoms with van der Waals surface area (Å²) in [6, 6.07) is 5.04. The molecule has 0 atom stereocenters. The Labute approximate surface area is 94.7 Å². The monoisotopic (exact) mass is 233 g/mol. The van der Waals surface area contributed by atoms with Crippen molar-refractivity contribution in [3.8, 4) is 12.1 Å². The first kappa shape index (κ1) is 12.3. The van der Waals surface area contributed by atoms with E-state index in [2.05, 4.69) is 0 Å². The summed E-state index contributed by atoms with van der Waals surface area (Å²) < 4.78 is 12.9. The molecule has 1 aromatic rings. The van der Waals surface area contributed by atoms with Gasteiger partial charge >= 0.3 is 0 Å². The van der Waals surface area contributed by atoms with E-state index in [4.69, 9.17) is 10.5 Å². The van der Waals surface area contributed by atoms with Crippen LogP contribution < -0.4 is 0 Å². The summed E-state index contributed by atoms with van der Waals surface area (Å²) in [7, 11) is 0. The van der Waals surface area contributed by atoms with Crippen LogP contribution in [0.4, 0.5) is 10.1 Å². The van der Waals surface area contributed by atoms with E-state index in [0.29, 0.717) is 6.07 Å². The fourth-order valence-corrected chi connectivity index (χ4v) is 1.17. The molecule has 0 radical (unpaired) electrons. The van der Waals surface area contributed by atoms with Crippen LogP contribution in [0.3, 0.4) is 0 Å². The van der Waals surface area contributed by atoms with Gasteiger partial charge in [-0.1, -0.05) is 0 Å². The maximum absolute atomic E-state index is 12.9. The molecular weight excluding hydrogens is 229 g/mol. The van der Waals surface area contributed by atoms with Gasteiger partial charge in [0, 0.05) is 6.07 Å². The third kappa shape index (κ3) is 2.41. The van der Waals surface area contributed by atoms with Gasteiger partial charge in [-0.15, -0.1) is 0 Å². The minimum atomic E-state index is -1.68. The number of rotatable bonds is 3. The van der Waals surface area contributed by atoms with Crippen molar-refractivity contribution in [1.82, 2.24) is 0 Å². The van der Waals surface area contributed by atoms with E-state index in [0.717, 1.165) is 12.1 Å². The predicted molar refractivity (Wildman–Crippen MR) is 52.1 cm³/mol. The Kier molecular flexibility index (Phi) is 3.48. The molecule has 0 fully saturated rings. The van der Waals surface area contributed by atoms with E-state index in [1.807, 2.05) is 0 Å². The molecule has 0 aliphatic heterocycles. The Hall–Kier alpha value is -2.80. The Morgan fingerprint density at radius 2 is 2.00 bits per heavy atom. The lowest BCUT2D eigenvalue weighted by atomic mass is 9.98. The van der Waals surface area contributed by atoms with Gasteiger partial charge in [0.2, 0.25) is 5.78 Å². The molecular formula is C10H4FN3O3. The molecule has 0 heterocycles. The molecule has 0 saturated carbocycles. The number of Topliss-reactive ketones (excluding diaryl/α,β-unsaturated/α-hetero) is 1. The topological polar surface area (TPSA) is 108 Å². The highest BCUT2D eigenvalue weighted by Crippen LogP contribution is 2.22.